The monoisotopic (exact) mass is 266 g/mol. The van der Waals surface area contributed by atoms with Crippen LogP contribution in [0.4, 0.5) is 0 Å². The Morgan fingerprint density at radius 1 is 1.20 bits per heavy atom. The van der Waals surface area contributed by atoms with Gasteiger partial charge < -0.3 is 4.74 Å². The maximum atomic E-state index is 5.51. The highest BCUT2D eigenvalue weighted by Crippen LogP contribution is 2.29. The largest absolute Gasteiger partial charge is 0.381 e. The average Bonchev–Trinajstić information content (AvgIpc) is 3.15. The number of hydrogen-bond donors (Lipinski definition) is 0. The van der Waals surface area contributed by atoms with E-state index in [2.05, 4.69) is 14.5 Å². The lowest BCUT2D eigenvalue weighted by molar-refractivity contribution is 0.193. The number of aromatic nitrogens is 4. The first-order chi connectivity index (χ1) is 9.93. The van der Waals surface area contributed by atoms with Crippen molar-refractivity contribution < 1.29 is 4.74 Å². The molecule has 1 unspecified atom stereocenters. The van der Waals surface area contributed by atoms with Crippen LogP contribution in [0.15, 0.2) is 42.9 Å². The van der Waals surface area contributed by atoms with Crippen LogP contribution < -0.4 is 0 Å². The van der Waals surface area contributed by atoms with E-state index in [0.29, 0.717) is 5.92 Å². The van der Waals surface area contributed by atoms with E-state index < -0.39 is 0 Å². The molecule has 0 saturated carbocycles. The van der Waals surface area contributed by atoms with Gasteiger partial charge in [0, 0.05) is 24.9 Å². The number of imidazole rings is 1. The van der Waals surface area contributed by atoms with Gasteiger partial charge in [0.25, 0.3) is 0 Å². The van der Waals surface area contributed by atoms with Crippen LogP contribution in [0.3, 0.4) is 0 Å². The Balaban J connectivity index is 1.98. The molecule has 0 amide bonds. The fourth-order valence-electron chi connectivity index (χ4n) is 2.68. The molecule has 0 bridgehead atoms. The van der Waals surface area contributed by atoms with Crippen molar-refractivity contribution in [1.29, 1.82) is 0 Å². The molecule has 20 heavy (non-hydrogen) atoms. The summed E-state index contributed by atoms with van der Waals surface area (Å²) < 4.78 is 7.61. The zero-order valence-electron chi connectivity index (χ0n) is 10.9. The van der Waals surface area contributed by atoms with Crippen molar-refractivity contribution >= 4 is 11.2 Å². The predicted octanol–water partition coefficient (Wildman–Crippen LogP) is 2.32. The van der Waals surface area contributed by atoms with Gasteiger partial charge in [0.15, 0.2) is 5.65 Å². The van der Waals surface area contributed by atoms with Crippen LogP contribution in [-0.2, 0) is 4.74 Å². The molecule has 0 aromatic carbocycles. The summed E-state index contributed by atoms with van der Waals surface area (Å²) in [7, 11) is 0. The maximum Gasteiger partial charge on any atom is 0.164 e. The molecule has 1 aliphatic heterocycles. The van der Waals surface area contributed by atoms with Crippen LogP contribution in [0.1, 0.15) is 18.2 Å². The van der Waals surface area contributed by atoms with Crippen LogP contribution in [-0.4, -0.2) is 32.7 Å². The molecule has 3 aromatic rings. The number of ether oxygens (including phenoxy) is 1. The lowest BCUT2D eigenvalue weighted by Crippen LogP contribution is -2.08. The lowest BCUT2D eigenvalue weighted by Gasteiger charge is -2.11. The van der Waals surface area contributed by atoms with E-state index in [4.69, 9.17) is 9.72 Å². The molecule has 0 aliphatic carbocycles. The molecule has 0 radical (unpaired) electrons. The van der Waals surface area contributed by atoms with Crippen molar-refractivity contribution in [3.8, 4) is 5.69 Å². The summed E-state index contributed by atoms with van der Waals surface area (Å²) in [5.74, 6) is 1.34. The first-order valence-corrected chi connectivity index (χ1v) is 6.75. The topological polar surface area (TPSA) is 52.8 Å². The quantitative estimate of drug-likeness (QED) is 0.714. The Morgan fingerprint density at radius 3 is 2.95 bits per heavy atom. The third-order valence-electron chi connectivity index (χ3n) is 3.64. The normalized spacial score (nSPS) is 18.7. The lowest BCUT2D eigenvalue weighted by atomic mass is 10.1. The standard InChI is InChI=1S/C15H14N4O/c1-3-12(9-16-6-1)19-14(11-5-8-20-10-11)18-13-4-2-7-17-15(13)19/h1-4,6-7,9,11H,5,8,10H2. The highest BCUT2D eigenvalue weighted by Gasteiger charge is 2.25. The summed E-state index contributed by atoms with van der Waals surface area (Å²) in [5, 5.41) is 0. The predicted molar refractivity (Wildman–Crippen MR) is 74.8 cm³/mol. The molecule has 4 heterocycles. The number of fused-ring (bicyclic) bond motifs is 1. The molecule has 5 heteroatoms. The van der Waals surface area contributed by atoms with Crippen molar-refractivity contribution in [1.82, 2.24) is 19.5 Å². The van der Waals surface area contributed by atoms with Gasteiger partial charge in [0.2, 0.25) is 0 Å². The van der Waals surface area contributed by atoms with Gasteiger partial charge in [0.1, 0.15) is 11.3 Å². The molecular formula is C15H14N4O. The van der Waals surface area contributed by atoms with E-state index >= 15 is 0 Å². The van der Waals surface area contributed by atoms with E-state index in [1.54, 1.807) is 12.4 Å². The molecular weight excluding hydrogens is 252 g/mol. The molecule has 1 fully saturated rings. The van der Waals surface area contributed by atoms with E-state index in [9.17, 15) is 0 Å². The minimum atomic E-state index is 0.324. The minimum absolute atomic E-state index is 0.324. The highest BCUT2D eigenvalue weighted by molar-refractivity contribution is 5.73. The van der Waals surface area contributed by atoms with E-state index in [0.717, 1.165) is 42.3 Å². The number of rotatable bonds is 2. The van der Waals surface area contributed by atoms with Gasteiger partial charge in [-0.1, -0.05) is 0 Å². The molecule has 100 valence electrons. The van der Waals surface area contributed by atoms with Crippen LogP contribution in [0.5, 0.6) is 0 Å². The van der Waals surface area contributed by atoms with E-state index in [1.165, 1.54) is 0 Å². The zero-order valence-corrected chi connectivity index (χ0v) is 10.9. The van der Waals surface area contributed by atoms with Gasteiger partial charge in [-0.25, -0.2) is 9.97 Å². The van der Waals surface area contributed by atoms with Crippen molar-refractivity contribution in [2.75, 3.05) is 13.2 Å². The van der Waals surface area contributed by atoms with E-state index in [-0.39, 0.29) is 0 Å². The maximum absolute atomic E-state index is 5.51. The molecule has 5 nitrogen and oxygen atoms in total. The molecule has 3 aromatic heterocycles. The zero-order chi connectivity index (χ0) is 13.4. The smallest absolute Gasteiger partial charge is 0.164 e. The highest BCUT2D eigenvalue weighted by atomic mass is 16.5. The Morgan fingerprint density at radius 2 is 2.15 bits per heavy atom. The number of nitrogens with zero attached hydrogens (tertiary/aromatic N) is 4. The van der Waals surface area contributed by atoms with Crippen LogP contribution in [0, 0.1) is 0 Å². The SMILES string of the molecule is c1cncc(-n2c(C3CCOC3)nc3cccnc32)c1. The average molecular weight is 266 g/mol. The Hall–Kier alpha value is -2.27. The molecule has 0 spiro atoms. The molecule has 1 saturated heterocycles. The third-order valence-corrected chi connectivity index (χ3v) is 3.64. The summed E-state index contributed by atoms with van der Waals surface area (Å²) in [4.78, 5) is 13.5. The summed E-state index contributed by atoms with van der Waals surface area (Å²) in [6, 6.07) is 7.87. The van der Waals surface area contributed by atoms with Gasteiger partial charge in [-0.05, 0) is 30.7 Å². The van der Waals surface area contributed by atoms with Crippen molar-refractivity contribution in [2.45, 2.75) is 12.3 Å². The van der Waals surface area contributed by atoms with Crippen molar-refractivity contribution in [3.05, 3.63) is 48.7 Å². The summed E-state index contributed by atoms with van der Waals surface area (Å²) in [6.45, 7) is 1.53. The Kier molecular flexibility index (Phi) is 2.70. The fourth-order valence-corrected chi connectivity index (χ4v) is 2.68. The van der Waals surface area contributed by atoms with Gasteiger partial charge in [-0.3, -0.25) is 9.55 Å². The first kappa shape index (κ1) is 11.5. The second-order valence-electron chi connectivity index (χ2n) is 4.92. The molecule has 0 N–H and O–H groups in total. The second-order valence-corrected chi connectivity index (χ2v) is 4.92. The summed E-state index contributed by atoms with van der Waals surface area (Å²) in [5.41, 5.74) is 2.79. The van der Waals surface area contributed by atoms with Gasteiger partial charge in [0.05, 0.1) is 18.5 Å². The third kappa shape index (κ3) is 1.78. The number of pyridine rings is 2. The molecule has 1 aliphatic rings. The van der Waals surface area contributed by atoms with Gasteiger partial charge >= 0.3 is 0 Å². The first-order valence-electron chi connectivity index (χ1n) is 6.75. The van der Waals surface area contributed by atoms with Crippen molar-refractivity contribution in [3.63, 3.8) is 0 Å². The molecule has 1 atom stereocenters. The van der Waals surface area contributed by atoms with Crippen molar-refractivity contribution in [2.24, 2.45) is 0 Å². The number of hydrogen-bond acceptors (Lipinski definition) is 4. The fraction of sp³-hybridized carbons (Fsp3) is 0.267. The Labute approximate surface area is 116 Å². The van der Waals surface area contributed by atoms with E-state index in [1.807, 2.05) is 30.5 Å². The van der Waals surface area contributed by atoms with Crippen LogP contribution >= 0.6 is 0 Å². The van der Waals surface area contributed by atoms with Crippen LogP contribution in [0.25, 0.3) is 16.9 Å². The Bertz CT molecular complexity index is 732. The summed E-state index contributed by atoms with van der Waals surface area (Å²) in [6.07, 6.45) is 6.42. The van der Waals surface area contributed by atoms with Gasteiger partial charge in [-0.15, -0.1) is 0 Å². The van der Waals surface area contributed by atoms with Gasteiger partial charge in [-0.2, -0.15) is 0 Å². The minimum Gasteiger partial charge on any atom is -0.381 e. The van der Waals surface area contributed by atoms with Crippen LogP contribution in [0.2, 0.25) is 0 Å². The second kappa shape index (κ2) is 4.68. The summed E-state index contributed by atoms with van der Waals surface area (Å²) >= 11 is 0. The molecule has 4 rings (SSSR count).